The topological polar surface area (TPSA) is 54.7 Å². The van der Waals surface area contributed by atoms with Crippen molar-refractivity contribution in [3.05, 3.63) is 45.9 Å². The predicted octanol–water partition coefficient (Wildman–Crippen LogP) is 4.23. The van der Waals surface area contributed by atoms with E-state index < -0.39 is 0 Å². The summed E-state index contributed by atoms with van der Waals surface area (Å²) in [7, 11) is 0. The van der Waals surface area contributed by atoms with Crippen LogP contribution in [0, 0.1) is 0 Å². The van der Waals surface area contributed by atoms with Gasteiger partial charge in [0.15, 0.2) is 0 Å². The van der Waals surface area contributed by atoms with Crippen molar-refractivity contribution in [2.24, 2.45) is 0 Å². The highest BCUT2D eigenvalue weighted by molar-refractivity contribution is 9.10. The van der Waals surface area contributed by atoms with Gasteiger partial charge in [-0.15, -0.1) is 0 Å². The molecule has 3 nitrogen and oxygen atoms in total. The molecule has 0 atom stereocenters. The van der Waals surface area contributed by atoms with Crippen LogP contribution < -0.4 is 5.73 Å². The molecule has 0 amide bonds. The molecule has 0 saturated heterocycles. The van der Waals surface area contributed by atoms with Gasteiger partial charge in [0, 0.05) is 15.1 Å². The van der Waals surface area contributed by atoms with Crippen LogP contribution >= 0.6 is 27.5 Å². The monoisotopic (exact) mass is 321 g/mol. The summed E-state index contributed by atoms with van der Waals surface area (Å²) in [5.74, 6) is 0.747. The Bertz CT molecular complexity index is 736. The molecule has 0 radical (unpaired) electrons. The number of nitrogens with two attached hydrogens (primary N) is 1. The highest BCUT2D eigenvalue weighted by Crippen LogP contribution is 2.31. The van der Waals surface area contributed by atoms with Gasteiger partial charge in [0.05, 0.1) is 11.2 Å². The van der Waals surface area contributed by atoms with Crippen molar-refractivity contribution in [1.29, 1.82) is 0 Å². The van der Waals surface area contributed by atoms with E-state index in [9.17, 15) is 0 Å². The molecule has 3 N–H and O–H groups in total. The zero-order valence-corrected chi connectivity index (χ0v) is 11.6. The lowest BCUT2D eigenvalue weighted by molar-refractivity contribution is 1.33. The molecule has 18 heavy (non-hydrogen) atoms. The summed E-state index contributed by atoms with van der Waals surface area (Å²) in [5, 5.41) is 0.668. The average Bonchev–Trinajstić information content (AvgIpc) is 2.77. The molecule has 0 bridgehead atoms. The van der Waals surface area contributed by atoms with Crippen LogP contribution in [0.1, 0.15) is 0 Å². The molecule has 3 aromatic rings. The maximum Gasteiger partial charge on any atom is 0.139 e. The predicted molar refractivity (Wildman–Crippen MR) is 78.7 cm³/mol. The van der Waals surface area contributed by atoms with Crippen LogP contribution in [0.25, 0.3) is 22.4 Å². The number of halogens is 2. The number of H-pyrrole nitrogens is 1. The fourth-order valence-electron chi connectivity index (χ4n) is 1.86. The minimum Gasteiger partial charge on any atom is -0.397 e. The lowest BCUT2D eigenvalue weighted by atomic mass is 10.2. The summed E-state index contributed by atoms with van der Waals surface area (Å²) in [6.45, 7) is 0. The van der Waals surface area contributed by atoms with Crippen molar-refractivity contribution >= 4 is 44.3 Å². The Labute approximate surface area is 117 Å². The van der Waals surface area contributed by atoms with E-state index >= 15 is 0 Å². The summed E-state index contributed by atoms with van der Waals surface area (Å²) < 4.78 is 0.935. The molecule has 0 aliphatic heterocycles. The minimum atomic E-state index is 0.660. The summed E-state index contributed by atoms with van der Waals surface area (Å²) in [5.41, 5.74) is 9.16. The summed E-state index contributed by atoms with van der Waals surface area (Å²) in [6, 6.07) is 11.3. The standard InChI is InChI=1S/C13H9BrClN3/c14-9-5-4-7(15)6-8(9)13-17-11-3-1-2-10(16)12(11)18-13/h1-6H,16H2,(H,17,18). The van der Waals surface area contributed by atoms with Gasteiger partial charge in [-0.2, -0.15) is 0 Å². The first kappa shape index (κ1) is 11.6. The van der Waals surface area contributed by atoms with Crippen LogP contribution in [0.5, 0.6) is 0 Å². The lowest BCUT2D eigenvalue weighted by Gasteiger charge is -2.00. The van der Waals surface area contributed by atoms with Crippen molar-refractivity contribution in [2.45, 2.75) is 0 Å². The van der Waals surface area contributed by atoms with Crippen LogP contribution in [-0.2, 0) is 0 Å². The Morgan fingerprint density at radius 1 is 1.22 bits per heavy atom. The van der Waals surface area contributed by atoms with Gasteiger partial charge in [0.1, 0.15) is 11.3 Å². The number of nitrogens with zero attached hydrogens (tertiary/aromatic N) is 1. The number of nitrogen functional groups attached to an aromatic ring is 1. The van der Waals surface area contributed by atoms with Crippen molar-refractivity contribution < 1.29 is 0 Å². The average molecular weight is 323 g/mol. The Hall–Kier alpha value is -1.52. The highest BCUT2D eigenvalue weighted by atomic mass is 79.9. The van der Waals surface area contributed by atoms with Crippen LogP contribution in [-0.4, -0.2) is 9.97 Å². The Kier molecular flexibility index (Phi) is 2.76. The fraction of sp³-hybridized carbons (Fsp3) is 0. The second-order valence-electron chi connectivity index (χ2n) is 3.95. The van der Waals surface area contributed by atoms with E-state index in [2.05, 4.69) is 25.9 Å². The third-order valence-electron chi connectivity index (χ3n) is 2.73. The van der Waals surface area contributed by atoms with Gasteiger partial charge in [-0.3, -0.25) is 0 Å². The van der Waals surface area contributed by atoms with Gasteiger partial charge < -0.3 is 10.7 Å². The van der Waals surface area contributed by atoms with Crippen LogP contribution in [0.15, 0.2) is 40.9 Å². The summed E-state index contributed by atoms with van der Waals surface area (Å²) in [4.78, 5) is 7.76. The van der Waals surface area contributed by atoms with Crippen molar-refractivity contribution in [3.8, 4) is 11.4 Å². The quantitative estimate of drug-likeness (QED) is 0.659. The minimum absolute atomic E-state index is 0.660. The summed E-state index contributed by atoms with van der Waals surface area (Å²) >= 11 is 9.50. The first-order valence-electron chi connectivity index (χ1n) is 5.35. The molecule has 0 aliphatic rings. The van der Waals surface area contributed by atoms with E-state index in [1.165, 1.54) is 0 Å². The number of anilines is 1. The first-order valence-corrected chi connectivity index (χ1v) is 6.52. The molecule has 1 heterocycles. The van der Waals surface area contributed by atoms with Gasteiger partial charge in [-0.25, -0.2) is 4.98 Å². The number of benzene rings is 2. The second-order valence-corrected chi connectivity index (χ2v) is 5.24. The molecule has 2 aromatic carbocycles. The number of hydrogen-bond acceptors (Lipinski definition) is 2. The third-order valence-corrected chi connectivity index (χ3v) is 3.65. The van der Waals surface area contributed by atoms with Gasteiger partial charge in [-0.05, 0) is 30.3 Å². The molecule has 0 aliphatic carbocycles. The van der Waals surface area contributed by atoms with E-state index in [1.807, 2.05) is 36.4 Å². The van der Waals surface area contributed by atoms with Crippen LogP contribution in [0.2, 0.25) is 5.02 Å². The molecule has 1 aromatic heterocycles. The highest BCUT2D eigenvalue weighted by Gasteiger charge is 2.10. The van der Waals surface area contributed by atoms with Gasteiger partial charge in [-0.1, -0.05) is 33.6 Å². The maximum absolute atomic E-state index is 6.01. The number of hydrogen-bond donors (Lipinski definition) is 2. The lowest BCUT2D eigenvalue weighted by Crippen LogP contribution is -1.85. The smallest absolute Gasteiger partial charge is 0.139 e. The van der Waals surface area contributed by atoms with E-state index in [0.717, 1.165) is 26.9 Å². The number of aromatic amines is 1. The number of imidazole rings is 1. The molecule has 0 spiro atoms. The van der Waals surface area contributed by atoms with Crippen LogP contribution in [0.3, 0.4) is 0 Å². The molecular formula is C13H9BrClN3. The largest absolute Gasteiger partial charge is 0.397 e. The summed E-state index contributed by atoms with van der Waals surface area (Å²) in [6.07, 6.45) is 0. The molecule has 3 rings (SSSR count). The second kappa shape index (κ2) is 4.30. The van der Waals surface area contributed by atoms with Crippen molar-refractivity contribution in [1.82, 2.24) is 9.97 Å². The van der Waals surface area contributed by atoms with Crippen molar-refractivity contribution in [2.75, 3.05) is 5.73 Å². The zero-order chi connectivity index (χ0) is 12.7. The van der Waals surface area contributed by atoms with Crippen LogP contribution in [0.4, 0.5) is 5.69 Å². The molecular weight excluding hydrogens is 314 g/mol. The van der Waals surface area contributed by atoms with E-state index in [1.54, 1.807) is 0 Å². The Balaban J connectivity index is 2.26. The van der Waals surface area contributed by atoms with Gasteiger partial charge in [0.2, 0.25) is 0 Å². The third kappa shape index (κ3) is 1.87. The Morgan fingerprint density at radius 3 is 2.83 bits per heavy atom. The SMILES string of the molecule is Nc1cccc2[nH]c(-c3cc(Cl)ccc3Br)nc12. The van der Waals surface area contributed by atoms with E-state index in [4.69, 9.17) is 17.3 Å². The first-order chi connectivity index (χ1) is 8.65. The van der Waals surface area contributed by atoms with E-state index in [0.29, 0.717) is 10.7 Å². The molecule has 0 unspecified atom stereocenters. The van der Waals surface area contributed by atoms with Gasteiger partial charge in [0.25, 0.3) is 0 Å². The maximum atomic E-state index is 6.01. The Morgan fingerprint density at radius 2 is 2.06 bits per heavy atom. The number of nitrogens with one attached hydrogen (secondary N) is 1. The molecule has 5 heteroatoms. The fourth-order valence-corrected chi connectivity index (χ4v) is 2.47. The number of para-hydroxylation sites is 1. The molecule has 90 valence electrons. The zero-order valence-electron chi connectivity index (χ0n) is 9.24. The van der Waals surface area contributed by atoms with E-state index in [-0.39, 0.29) is 0 Å². The van der Waals surface area contributed by atoms with Crippen molar-refractivity contribution in [3.63, 3.8) is 0 Å². The molecule has 0 fully saturated rings. The normalized spacial score (nSPS) is 11.0. The molecule has 0 saturated carbocycles. The number of rotatable bonds is 1. The number of fused-ring (bicyclic) bond motifs is 1. The van der Waals surface area contributed by atoms with Gasteiger partial charge >= 0.3 is 0 Å². The number of aromatic nitrogens is 2.